The topological polar surface area (TPSA) is 92.8 Å². The average Bonchev–Trinajstić information content (AvgIpc) is 3.17. The molecule has 0 aliphatic heterocycles. The second-order valence-corrected chi connectivity index (χ2v) is 8.17. The summed E-state index contributed by atoms with van der Waals surface area (Å²) in [5.41, 5.74) is 1.16. The molecule has 1 amide bonds. The van der Waals surface area contributed by atoms with Gasteiger partial charge in [0.1, 0.15) is 0 Å². The molecular weight excluding hydrogens is 388 g/mol. The number of thiophene rings is 1. The van der Waals surface area contributed by atoms with Crippen molar-refractivity contribution in [3.8, 4) is 0 Å². The van der Waals surface area contributed by atoms with Gasteiger partial charge in [-0.25, -0.2) is 17.9 Å². The molecule has 0 fully saturated rings. The smallest absolute Gasteiger partial charge is 0.338 e. The van der Waals surface area contributed by atoms with E-state index in [2.05, 4.69) is 11.3 Å². The molecule has 0 saturated heterocycles. The van der Waals surface area contributed by atoms with E-state index < -0.39 is 16.0 Å². The molecule has 0 radical (unpaired) electrons. The molecule has 7 nitrogen and oxygen atoms in total. The van der Waals surface area contributed by atoms with Crippen molar-refractivity contribution >= 4 is 33.2 Å². The van der Waals surface area contributed by atoms with Crippen molar-refractivity contribution in [1.82, 2.24) is 9.62 Å². The Morgan fingerprint density at radius 1 is 1.26 bits per heavy atom. The monoisotopic (exact) mass is 408 g/mol. The van der Waals surface area contributed by atoms with Crippen LogP contribution in [0.5, 0.6) is 0 Å². The molecule has 0 unspecified atom stereocenters. The normalized spacial score (nSPS) is 11.0. The van der Waals surface area contributed by atoms with Crippen LogP contribution in [0.3, 0.4) is 0 Å². The van der Waals surface area contributed by atoms with Crippen LogP contribution in [-0.4, -0.2) is 45.4 Å². The molecule has 0 saturated carbocycles. The molecule has 0 bridgehead atoms. The highest BCUT2D eigenvalue weighted by atomic mass is 32.2. The van der Waals surface area contributed by atoms with Crippen LogP contribution < -0.4 is 4.72 Å². The van der Waals surface area contributed by atoms with E-state index in [1.165, 1.54) is 35.2 Å². The predicted molar refractivity (Wildman–Crippen MR) is 103 cm³/mol. The SMILES string of the molecule is C=CCNS(=O)(=O)c1ccc(C(=O)OCC(=O)N(C)Cc2ccsc2)cc1. The Labute approximate surface area is 162 Å². The molecule has 0 atom stereocenters. The molecule has 0 spiro atoms. The van der Waals surface area contributed by atoms with Crippen molar-refractivity contribution in [2.45, 2.75) is 11.4 Å². The molecule has 144 valence electrons. The quantitative estimate of drug-likeness (QED) is 0.506. The maximum Gasteiger partial charge on any atom is 0.338 e. The third-order valence-electron chi connectivity index (χ3n) is 3.57. The number of ether oxygens (including phenoxy) is 1. The molecule has 2 rings (SSSR count). The van der Waals surface area contributed by atoms with E-state index in [9.17, 15) is 18.0 Å². The summed E-state index contributed by atoms with van der Waals surface area (Å²) in [6.07, 6.45) is 1.43. The van der Waals surface area contributed by atoms with Gasteiger partial charge in [-0.05, 0) is 46.7 Å². The first kappa shape index (κ1) is 20.8. The van der Waals surface area contributed by atoms with Gasteiger partial charge in [0, 0.05) is 20.1 Å². The Kier molecular flexibility index (Phi) is 7.28. The van der Waals surface area contributed by atoms with Crippen LogP contribution >= 0.6 is 11.3 Å². The van der Waals surface area contributed by atoms with Crippen molar-refractivity contribution < 1.29 is 22.7 Å². The zero-order valence-electron chi connectivity index (χ0n) is 14.8. The zero-order valence-corrected chi connectivity index (χ0v) is 16.4. The fourth-order valence-electron chi connectivity index (χ4n) is 2.09. The van der Waals surface area contributed by atoms with E-state index in [4.69, 9.17) is 4.74 Å². The molecule has 27 heavy (non-hydrogen) atoms. The number of likely N-dealkylation sites (N-methyl/N-ethyl adjacent to an activating group) is 1. The Bertz CT molecular complexity index is 890. The number of carbonyl (C=O) groups is 2. The highest BCUT2D eigenvalue weighted by Crippen LogP contribution is 2.12. The van der Waals surface area contributed by atoms with Crippen LogP contribution in [0.15, 0.2) is 58.6 Å². The minimum Gasteiger partial charge on any atom is -0.452 e. The van der Waals surface area contributed by atoms with Gasteiger partial charge in [0.05, 0.1) is 10.5 Å². The van der Waals surface area contributed by atoms with Crippen LogP contribution in [0.25, 0.3) is 0 Å². The van der Waals surface area contributed by atoms with Gasteiger partial charge in [-0.1, -0.05) is 6.08 Å². The molecule has 0 aliphatic carbocycles. The lowest BCUT2D eigenvalue weighted by Gasteiger charge is -2.16. The molecule has 1 aromatic carbocycles. The van der Waals surface area contributed by atoms with Crippen molar-refractivity contribution in [2.24, 2.45) is 0 Å². The van der Waals surface area contributed by atoms with Crippen molar-refractivity contribution in [3.05, 3.63) is 64.9 Å². The van der Waals surface area contributed by atoms with Crippen molar-refractivity contribution in [3.63, 3.8) is 0 Å². The van der Waals surface area contributed by atoms with Crippen LogP contribution in [0.4, 0.5) is 0 Å². The van der Waals surface area contributed by atoms with Gasteiger partial charge < -0.3 is 9.64 Å². The Hall–Kier alpha value is -2.49. The fourth-order valence-corrected chi connectivity index (χ4v) is 3.75. The van der Waals surface area contributed by atoms with Crippen LogP contribution in [-0.2, 0) is 26.1 Å². The highest BCUT2D eigenvalue weighted by Gasteiger charge is 2.16. The molecular formula is C18H20N2O5S2. The third-order valence-corrected chi connectivity index (χ3v) is 5.74. The lowest BCUT2D eigenvalue weighted by molar-refractivity contribution is -0.133. The molecule has 0 aliphatic rings. The summed E-state index contributed by atoms with van der Waals surface area (Å²) in [6, 6.07) is 7.19. The summed E-state index contributed by atoms with van der Waals surface area (Å²) in [4.78, 5) is 25.6. The van der Waals surface area contributed by atoms with E-state index in [1.807, 2.05) is 16.8 Å². The van der Waals surface area contributed by atoms with E-state index in [1.54, 1.807) is 18.4 Å². The Morgan fingerprint density at radius 2 is 1.96 bits per heavy atom. The minimum absolute atomic E-state index is 0.0208. The summed E-state index contributed by atoms with van der Waals surface area (Å²) >= 11 is 1.54. The Morgan fingerprint density at radius 3 is 2.56 bits per heavy atom. The van der Waals surface area contributed by atoms with Gasteiger partial charge in [0.15, 0.2) is 6.61 Å². The van der Waals surface area contributed by atoms with E-state index in [-0.39, 0.29) is 29.5 Å². The number of rotatable bonds is 9. The lowest BCUT2D eigenvalue weighted by atomic mass is 10.2. The van der Waals surface area contributed by atoms with Crippen LogP contribution in [0, 0.1) is 0 Å². The number of sulfonamides is 1. The number of nitrogens with zero attached hydrogens (tertiary/aromatic N) is 1. The second-order valence-electron chi connectivity index (χ2n) is 5.62. The number of hydrogen-bond acceptors (Lipinski definition) is 6. The molecule has 1 heterocycles. The van der Waals surface area contributed by atoms with Gasteiger partial charge in [-0.3, -0.25) is 4.79 Å². The van der Waals surface area contributed by atoms with Crippen LogP contribution in [0.1, 0.15) is 15.9 Å². The van der Waals surface area contributed by atoms with Gasteiger partial charge in [-0.15, -0.1) is 6.58 Å². The third kappa shape index (κ3) is 6.02. The number of benzene rings is 1. The maximum absolute atomic E-state index is 12.1. The minimum atomic E-state index is -3.66. The van der Waals surface area contributed by atoms with Crippen molar-refractivity contribution in [1.29, 1.82) is 0 Å². The van der Waals surface area contributed by atoms with E-state index >= 15 is 0 Å². The first-order chi connectivity index (χ1) is 12.8. The van der Waals surface area contributed by atoms with Gasteiger partial charge in [0.25, 0.3) is 5.91 Å². The predicted octanol–water partition coefficient (Wildman–Crippen LogP) is 2.03. The number of esters is 1. The van der Waals surface area contributed by atoms with Gasteiger partial charge >= 0.3 is 5.97 Å². The summed E-state index contributed by atoms with van der Waals surface area (Å²) in [7, 11) is -2.03. The summed E-state index contributed by atoms with van der Waals surface area (Å²) < 4.78 is 31.3. The first-order valence-corrected chi connectivity index (χ1v) is 10.4. The van der Waals surface area contributed by atoms with Crippen molar-refractivity contribution in [2.75, 3.05) is 20.2 Å². The number of carbonyl (C=O) groups excluding carboxylic acids is 2. The summed E-state index contributed by atoms with van der Waals surface area (Å²) in [5, 5.41) is 3.86. The number of nitrogens with one attached hydrogen (secondary N) is 1. The van der Waals surface area contributed by atoms with E-state index in [0.717, 1.165) is 5.56 Å². The fraction of sp³-hybridized carbons (Fsp3) is 0.222. The largest absolute Gasteiger partial charge is 0.452 e. The number of hydrogen-bond donors (Lipinski definition) is 1. The average molecular weight is 409 g/mol. The lowest BCUT2D eigenvalue weighted by Crippen LogP contribution is -2.30. The standard InChI is InChI=1S/C18H20N2O5S2/c1-3-9-19-27(23,24)16-6-4-15(5-7-16)18(22)25-12-17(21)20(2)11-14-8-10-26-13-14/h3-8,10,13,19H,1,9,11-12H2,2H3. The van der Waals surface area contributed by atoms with E-state index in [0.29, 0.717) is 6.54 Å². The molecule has 1 aromatic heterocycles. The highest BCUT2D eigenvalue weighted by molar-refractivity contribution is 7.89. The van der Waals surface area contributed by atoms with Gasteiger partial charge in [0.2, 0.25) is 10.0 Å². The molecule has 1 N–H and O–H groups in total. The first-order valence-electron chi connectivity index (χ1n) is 7.96. The second kappa shape index (κ2) is 9.45. The zero-order chi connectivity index (χ0) is 19.9. The van der Waals surface area contributed by atoms with Crippen LogP contribution in [0.2, 0.25) is 0 Å². The summed E-state index contributed by atoms with van der Waals surface area (Å²) in [5.74, 6) is -1.03. The molecule has 2 aromatic rings. The number of amides is 1. The maximum atomic E-state index is 12.1. The summed E-state index contributed by atoms with van der Waals surface area (Å²) in [6.45, 7) is 3.59. The Balaban J connectivity index is 1.90. The van der Waals surface area contributed by atoms with Gasteiger partial charge in [-0.2, -0.15) is 11.3 Å². The molecule has 9 heteroatoms.